The monoisotopic (exact) mass is 860 g/mol. The number of nitrogens with one attached hydrogen (secondary N) is 2. The van der Waals surface area contributed by atoms with E-state index in [1.165, 1.54) is 10.8 Å². The van der Waals surface area contributed by atoms with Crippen LogP contribution in [0.3, 0.4) is 0 Å². The number of hydrogen-bond acceptors (Lipinski definition) is 9. The van der Waals surface area contributed by atoms with Crippen molar-refractivity contribution in [3.8, 4) is 17.2 Å². The number of nitrogen functional groups attached to an aromatic ring is 1. The number of fused-ring (bicyclic) bond motifs is 6. The second kappa shape index (κ2) is 21.9. The summed E-state index contributed by atoms with van der Waals surface area (Å²) in [6.07, 6.45) is 11.3. The molecule has 1 aromatic heterocycles. The van der Waals surface area contributed by atoms with Crippen molar-refractivity contribution in [3.05, 3.63) is 145 Å². The molecule has 6 bridgehead atoms. The minimum atomic E-state index is -0.862. The zero-order valence-electron chi connectivity index (χ0n) is 37.8. The fourth-order valence-corrected chi connectivity index (χ4v) is 8.24. The Labute approximate surface area is 371 Å². The molecule has 2 aliphatic rings. The summed E-state index contributed by atoms with van der Waals surface area (Å²) in [6.45, 7) is 18.0. The van der Waals surface area contributed by atoms with Gasteiger partial charge in [0, 0.05) is 64.7 Å². The Hall–Kier alpha value is -6.01. The van der Waals surface area contributed by atoms with Crippen molar-refractivity contribution in [2.45, 2.75) is 112 Å². The Bertz CT molecular complexity index is 2450. The lowest BCUT2D eigenvalue weighted by atomic mass is 9.92. The lowest BCUT2D eigenvalue weighted by Gasteiger charge is -2.23. The molecule has 0 saturated carbocycles. The number of nitrogens with two attached hydrogens (primary N) is 1. The van der Waals surface area contributed by atoms with Gasteiger partial charge in [-0.1, -0.05) is 71.5 Å². The summed E-state index contributed by atoms with van der Waals surface area (Å²) in [7, 11) is 0. The van der Waals surface area contributed by atoms with Gasteiger partial charge >= 0.3 is 5.69 Å². The molecule has 2 heterocycles. The maximum atomic E-state index is 14.3. The van der Waals surface area contributed by atoms with Crippen LogP contribution in [0, 0.1) is 12.8 Å². The fraction of sp³-hybridized carbons (Fsp3) is 0.431. The van der Waals surface area contributed by atoms with Gasteiger partial charge in [0.2, 0.25) is 0 Å². The van der Waals surface area contributed by atoms with Crippen molar-refractivity contribution in [2.75, 3.05) is 37.5 Å². The predicted octanol–water partition coefficient (Wildman–Crippen LogP) is 9.06. The molecule has 12 heteroatoms. The molecule has 3 aromatic carbocycles. The minimum Gasteiger partial charge on any atom is -0.494 e. The van der Waals surface area contributed by atoms with Gasteiger partial charge in [-0.2, -0.15) is 0 Å². The molecule has 1 aliphatic heterocycles. The number of anilines is 2. The summed E-state index contributed by atoms with van der Waals surface area (Å²) in [4.78, 5) is 41.5. The van der Waals surface area contributed by atoms with E-state index in [1.807, 2.05) is 37.3 Å². The fourth-order valence-electron chi connectivity index (χ4n) is 8.24. The average Bonchev–Trinajstić information content (AvgIpc) is 3.64. The number of para-hydroxylation sites is 1. The zero-order valence-corrected chi connectivity index (χ0v) is 37.8. The van der Waals surface area contributed by atoms with Crippen molar-refractivity contribution in [1.29, 1.82) is 0 Å². The third-order valence-electron chi connectivity index (χ3n) is 11.2. The number of carbonyl (C=O) groups is 1. The van der Waals surface area contributed by atoms with Crippen molar-refractivity contribution < 1.29 is 28.5 Å². The first-order valence-electron chi connectivity index (χ1n) is 22.5. The van der Waals surface area contributed by atoms with Crippen LogP contribution < -0.4 is 36.5 Å². The Morgan fingerprint density at radius 3 is 2.02 bits per heavy atom. The smallest absolute Gasteiger partial charge is 0.330 e. The van der Waals surface area contributed by atoms with E-state index in [-0.39, 0.29) is 11.8 Å². The van der Waals surface area contributed by atoms with Gasteiger partial charge < -0.3 is 34.7 Å². The maximum absolute atomic E-state index is 14.3. The van der Waals surface area contributed by atoms with Gasteiger partial charge in [-0.05, 0) is 98.4 Å². The van der Waals surface area contributed by atoms with Gasteiger partial charge in [0.25, 0.3) is 11.5 Å². The van der Waals surface area contributed by atoms with Gasteiger partial charge in [-0.25, -0.2) is 4.79 Å². The zero-order chi connectivity index (χ0) is 45.0. The molecule has 336 valence electrons. The molecule has 1 aliphatic carbocycles. The summed E-state index contributed by atoms with van der Waals surface area (Å²) >= 11 is 0. The number of allylic oxidation sites excluding steroid dienone is 4. The van der Waals surface area contributed by atoms with Crippen LogP contribution in [0.2, 0.25) is 0 Å². The first-order valence-corrected chi connectivity index (χ1v) is 22.5. The van der Waals surface area contributed by atoms with E-state index in [0.29, 0.717) is 81.2 Å². The van der Waals surface area contributed by atoms with E-state index >= 15 is 0 Å². The molecule has 4 N–H and O–H groups in total. The summed E-state index contributed by atoms with van der Waals surface area (Å²) in [5, 5.41) is 3.18. The molecule has 1 saturated heterocycles. The second-order valence-electron chi connectivity index (χ2n) is 16.5. The number of aromatic nitrogens is 2. The van der Waals surface area contributed by atoms with Crippen molar-refractivity contribution in [3.63, 3.8) is 0 Å². The quantitative estimate of drug-likeness (QED) is 0.0936. The minimum absolute atomic E-state index is 0.229. The van der Waals surface area contributed by atoms with Crippen molar-refractivity contribution in [2.24, 2.45) is 5.92 Å². The van der Waals surface area contributed by atoms with Gasteiger partial charge in [-0.3, -0.25) is 19.1 Å². The normalized spacial score (nSPS) is 18.1. The van der Waals surface area contributed by atoms with Gasteiger partial charge in [0.1, 0.15) is 35.3 Å². The van der Waals surface area contributed by atoms with Crippen LogP contribution in [0.4, 0.5) is 11.4 Å². The Morgan fingerprint density at radius 1 is 0.841 bits per heavy atom. The maximum Gasteiger partial charge on any atom is 0.330 e. The summed E-state index contributed by atoms with van der Waals surface area (Å²) in [5.41, 5.74) is 13.7. The summed E-state index contributed by atoms with van der Waals surface area (Å²) < 4.78 is 34.0. The SMILES string of the molecule is C=CC=C1Cc2cc(NC(=O)[C@H]3O[C@@H](n4cc(C)c(=O)[nH]c4=O)C[C@@H]3C)cc(c2OCCC)Cc2cccc(c2OCCC)Cc2cc(N)cc(c2OCCC)CC=C1OCCC. The average molecular weight is 861 g/mol. The van der Waals surface area contributed by atoms with Crippen LogP contribution in [0.1, 0.15) is 112 Å². The highest BCUT2D eigenvalue weighted by Crippen LogP contribution is 2.40. The summed E-state index contributed by atoms with van der Waals surface area (Å²) in [5.74, 6) is 2.48. The first-order chi connectivity index (χ1) is 30.5. The number of nitrogens with zero attached hydrogens (tertiary/aromatic N) is 1. The highest BCUT2D eigenvalue weighted by molar-refractivity contribution is 5.95. The van der Waals surface area contributed by atoms with Crippen LogP contribution >= 0.6 is 0 Å². The number of hydrogen-bond donors (Lipinski definition) is 3. The predicted molar refractivity (Wildman–Crippen MR) is 249 cm³/mol. The molecule has 6 rings (SSSR count). The van der Waals surface area contributed by atoms with Crippen LogP contribution in [0.5, 0.6) is 17.2 Å². The molecule has 0 unspecified atom stereocenters. The second-order valence-corrected chi connectivity index (χ2v) is 16.5. The molecule has 3 atom stereocenters. The van der Waals surface area contributed by atoms with Crippen molar-refractivity contribution >= 4 is 17.3 Å². The topological polar surface area (TPSA) is 156 Å². The third kappa shape index (κ3) is 11.3. The molecule has 12 nitrogen and oxygen atoms in total. The molecule has 0 spiro atoms. The molecule has 63 heavy (non-hydrogen) atoms. The van der Waals surface area contributed by atoms with E-state index in [4.69, 9.17) is 29.4 Å². The summed E-state index contributed by atoms with van der Waals surface area (Å²) in [6, 6.07) is 14.2. The van der Waals surface area contributed by atoms with Gasteiger partial charge in [0.15, 0.2) is 0 Å². The van der Waals surface area contributed by atoms with E-state index in [9.17, 15) is 14.4 Å². The number of ether oxygens (including phenoxy) is 5. The molecular formula is C51H64N4O8. The van der Waals surface area contributed by atoms with Crippen LogP contribution in [0.25, 0.3) is 0 Å². The molecule has 1 fully saturated rings. The Balaban J connectivity index is 1.51. The van der Waals surface area contributed by atoms with Crippen LogP contribution in [-0.2, 0) is 40.0 Å². The highest BCUT2D eigenvalue weighted by atomic mass is 16.5. The van der Waals surface area contributed by atoms with E-state index in [0.717, 1.165) is 81.9 Å². The molecule has 4 aromatic rings. The van der Waals surface area contributed by atoms with Crippen molar-refractivity contribution in [1.82, 2.24) is 9.55 Å². The number of aromatic amines is 1. The van der Waals surface area contributed by atoms with E-state index < -0.39 is 23.6 Å². The lowest BCUT2D eigenvalue weighted by molar-refractivity contribution is -0.130. The number of benzene rings is 3. The number of carbonyl (C=O) groups excluding carboxylic acids is 1. The molecule has 0 radical (unpaired) electrons. The van der Waals surface area contributed by atoms with E-state index in [1.54, 1.807) is 13.0 Å². The Morgan fingerprint density at radius 2 is 1.40 bits per heavy atom. The van der Waals surface area contributed by atoms with E-state index in [2.05, 4.69) is 68.8 Å². The number of rotatable bonds is 16. The number of H-pyrrole nitrogens is 1. The lowest BCUT2D eigenvalue weighted by Crippen LogP contribution is -2.35. The van der Waals surface area contributed by atoms with Crippen LogP contribution in [-0.4, -0.2) is 48.0 Å². The standard InChI is InChI=1S/C51H64N4O8/c1-8-14-34-24-39-29-42(53-50(57)45-32(6)23-44(63-45)55-31-33(7)49(56)54-51(55)58)30-40(48(39)62-22-12-5)26-36-16-13-15-35(46(36)60-20-10-3)25-38-28-41(52)27-37(47(38)61-21-11-4)17-18-43(34)59-19-9-2/h8,13-16,18,27-32,44-45H,1,9-12,17,19-26,52H2,2-7H3,(H,53,57)(H,54,56,58)/t32-,44+,45-/m0/s1. The highest BCUT2D eigenvalue weighted by Gasteiger charge is 2.39. The third-order valence-corrected chi connectivity index (χ3v) is 11.2. The number of amides is 1. The van der Waals surface area contributed by atoms with Crippen LogP contribution in [0.15, 0.2) is 94.4 Å². The van der Waals surface area contributed by atoms with Gasteiger partial charge in [-0.15, -0.1) is 0 Å². The molecular weight excluding hydrogens is 797 g/mol. The molecule has 1 amide bonds. The number of aryl methyl sites for hydroxylation is 1. The Kier molecular flexibility index (Phi) is 16.1. The van der Waals surface area contributed by atoms with Gasteiger partial charge in [0.05, 0.1) is 26.4 Å². The first kappa shape index (κ1) is 46.5. The largest absolute Gasteiger partial charge is 0.494 e.